The summed E-state index contributed by atoms with van der Waals surface area (Å²) in [5.74, 6) is 1.73. The van der Waals surface area contributed by atoms with E-state index >= 15 is 0 Å². The van der Waals surface area contributed by atoms with Crippen molar-refractivity contribution >= 4 is 5.95 Å². The van der Waals surface area contributed by atoms with Crippen LogP contribution in [0, 0.1) is 0 Å². The average molecular weight is 184 g/mol. The number of hydrogen-bond donors (Lipinski definition) is 1. The van der Waals surface area contributed by atoms with E-state index in [9.17, 15) is 0 Å². The van der Waals surface area contributed by atoms with Crippen LogP contribution in [0.3, 0.4) is 0 Å². The maximum atomic E-state index is 5.23. The highest BCUT2D eigenvalue weighted by molar-refractivity contribution is 5.23. The standard InChI is InChI=1S/C8H16N4O/c1-4-13-6-5-7-10-11-8(9-2)12(7)3/h4-6H2,1-3H3,(H,9,11). The van der Waals surface area contributed by atoms with Crippen molar-refractivity contribution in [2.45, 2.75) is 13.3 Å². The van der Waals surface area contributed by atoms with E-state index in [-0.39, 0.29) is 0 Å². The summed E-state index contributed by atoms with van der Waals surface area (Å²) in [4.78, 5) is 0. The van der Waals surface area contributed by atoms with Gasteiger partial charge in [0.1, 0.15) is 5.82 Å². The fourth-order valence-corrected chi connectivity index (χ4v) is 1.10. The molecule has 0 aliphatic heterocycles. The van der Waals surface area contributed by atoms with Crippen LogP contribution in [0.1, 0.15) is 12.7 Å². The van der Waals surface area contributed by atoms with Crippen molar-refractivity contribution in [2.75, 3.05) is 25.6 Å². The Hall–Kier alpha value is -1.10. The van der Waals surface area contributed by atoms with Crippen LogP contribution >= 0.6 is 0 Å². The lowest BCUT2D eigenvalue weighted by Crippen LogP contribution is -2.06. The Balaban J connectivity index is 2.51. The number of nitrogens with zero attached hydrogens (tertiary/aromatic N) is 3. The molecule has 0 aliphatic carbocycles. The Morgan fingerprint density at radius 3 is 2.77 bits per heavy atom. The van der Waals surface area contributed by atoms with Crippen LogP contribution in [0.15, 0.2) is 0 Å². The molecular formula is C8H16N4O. The van der Waals surface area contributed by atoms with E-state index < -0.39 is 0 Å². The molecule has 0 spiro atoms. The molecule has 1 heterocycles. The fraction of sp³-hybridized carbons (Fsp3) is 0.750. The predicted octanol–water partition coefficient (Wildman–Crippen LogP) is 0.436. The zero-order chi connectivity index (χ0) is 9.68. The molecule has 0 aliphatic rings. The largest absolute Gasteiger partial charge is 0.381 e. The van der Waals surface area contributed by atoms with Crippen LogP contribution in [0.5, 0.6) is 0 Å². The second-order valence-electron chi connectivity index (χ2n) is 2.70. The summed E-state index contributed by atoms with van der Waals surface area (Å²) in [6, 6.07) is 0. The van der Waals surface area contributed by atoms with E-state index in [1.54, 1.807) is 0 Å². The second kappa shape index (κ2) is 4.81. The van der Waals surface area contributed by atoms with Gasteiger partial charge in [-0.05, 0) is 6.92 Å². The van der Waals surface area contributed by atoms with Gasteiger partial charge in [-0.1, -0.05) is 0 Å². The van der Waals surface area contributed by atoms with E-state index in [0.717, 1.165) is 24.8 Å². The van der Waals surface area contributed by atoms with Gasteiger partial charge >= 0.3 is 0 Å². The summed E-state index contributed by atoms with van der Waals surface area (Å²) in [6.45, 7) is 3.43. The summed E-state index contributed by atoms with van der Waals surface area (Å²) in [6.07, 6.45) is 0.805. The molecule has 5 heteroatoms. The molecule has 0 saturated heterocycles. The lowest BCUT2D eigenvalue weighted by Gasteiger charge is -2.02. The van der Waals surface area contributed by atoms with Gasteiger partial charge in [-0.25, -0.2) is 0 Å². The summed E-state index contributed by atoms with van der Waals surface area (Å²) < 4.78 is 7.16. The lowest BCUT2D eigenvalue weighted by atomic mass is 10.4. The normalized spacial score (nSPS) is 10.4. The van der Waals surface area contributed by atoms with Gasteiger partial charge in [-0.3, -0.25) is 0 Å². The van der Waals surface area contributed by atoms with E-state index in [1.807, 2.05) is 25.6 Å². The topological polar surface area (TPSA) is 52.0 Å². The van der Waals surface area contributed by atoms with Gasteiger partial charge in [0, 0.05) is 27.1 Å². The molecule has 1 aromatic rings. The van der Waals surface area contributed by atoms with E-state index in [0.29, 0.717) is 6.61 Å². The first-order valence-electron chi connectivity index (χ1n) is 4.43. The highest BCUT2D eigenvalue weighted by Gasteiger charge is 2.05. The summed E-state index contributed by atoms with van der Waals surface area (Å²) in [7, 11) is 3.77. The first-order valence-corrected chi connectivity index (χ1v) is 4.43. The lowest BCUT2D eigenvalue weighted by molar-refractivity contribution is 0.149. The third kappa shape index (κ3) is 2.42. The van der Waals surface area contributed by atoms with Gasteiger partial charge in [0.2, 0.25) is 5.95 Å². The smallest absolute Gasteiger partial charge is 0.224 e. The molecule has 13 heavy (non-hydrogen) atoms. The summed E-state index contributed by atoms with van der Waals surface area (Å²) in [5.41, 5.74) is 0. The van der Waals surface area contributed by atoms with Crippen LogP contribution in [-0.2, 0) is 18.2 Å². The number of ether oxygens (including phenoxy) is 1. The molecule has 0 fully saturated rings. The first-order chi connectivity index (χ1) is 6.29. The third-order valence-electron chi connectivity index (χ3n) is 1.86. The van der Waals surface area contributed by atoms with Gasteiger partial charge in [-0.2, -0.15) is 0 Å². The molecule has 1 aromatic heterocycles. The Kier molecular flexibility index (Phi) is 3.70. The number of aromatic nitrogens is 3. The Morgan fingerprint density at radius 2 is 2.23 bits per heavy atom. The molecule has 0 atom stereocenters. The van der Waals surface area contributed by atoms with Crippen molar-refractivity contribution in [1.82, 2.24) is 14.8 Å². The van der Waals surface area contributed by atoms with Crippen LogP contribution < -0.4 is 5.32 Å². The zero-order valence-corrected chi connectivity index (χ0v) is 8.37. The summed E-state index contributed by atoms with van der Waals surface area (Å²) >= 11 is 0. The molecule has 1 N–H and O–H groups in total. The highest BCUT2D eigenvalue weighted by atomic mass is 16.5. The highest BCUT2D eigenvalue weighted by Crippen LogP contribution is 2.03. The SMILES string of the molecule is CCOCCc1nnc(NC)n1C. The molecular weight excluding hydrogens is 168 g/mol. The number of nitrogens with one attached hydrogen (secondary N) is 1. The van der Waals surface area contributed by atoms with Gasteiger partial charge in [0.05, 0.1) is 6.61 Å². The molecule has 0 aromatic carbocycles. The molecule has 0 radical (unpaired) electrons. The minimum atomic E-state index is 0.701. The van der Waals surface area contributed by atoms with Crippen molar-refractivity contribution in [3.8, 4) is 0 Å². The molecule has 0 bridgehead atoms. The number of anilines is 1. The number of rotatable bonds is 5. The maximum Gasteiger partial charge on any atom is 0.224 e. The van der Waals surface area contributed by atoms with E-state index in [1.165, 1.54) is 0 Å². The van der Waals surface area contributed by atoms with Crippen LogP contribution in [0.25, 0.3) is 0 Å². The Morgan fingerprint density at radius 1 is 1.46 bits per heavy atom. The van der Waals surface area contributed by atoms with Gasteiger partial charge < -0.3 is 14.6 Å². The molecule has 0 amide bonds. The van der Waals surface area contributed by atoms with Crippen molar-refractivity contribution in [1.29, 1.82) is 0 Å². The second-order valence-corrected chi connectivity index (χ2v) is 2.70. The molecule has 0 saturated carbocycles. The monoisotopic (exact) mass is 184 g/mol. The van der Waals surface area contributed by atoms with E-state index in [2.05, 4.69) is 15.5 Å². The Bertz CT molecular complexity index is 259. The average Bonchev–Trinajstić information content (AvgIpc) is 2.48. The molecule has 5 nitrogen and oxygen atoms in total. The molecule has 74 valence electrons. The van der Waals surface area contributed by atoms with Crippen molar-refractivity contribution in [2.24, 2.45) is 7.05 Å². The van der Waals surface area contributed by atoms with Gasteiger partial charge in [0.25, 0.3) is 0 Å². The molecule has 1 rings (SSSR count). The van der Waals surface area contributed by atoms with Crippen molar-refractivity contribution in [3.63, 3.8) is 0 Å². The zero-order valence-electron chi connectivity index (χ0n) is 8.37. The van der Waals surface area contributed by atoms with Crippen LogP contribution in [-0.4, -0.2) is 35.0 Å². The summed E-state index contributed by atoms with van der Waals surface area (Å²) in [5, 5.41) is 10.9. The maximum absolute atomic E-state index is 5.23. The van der Waals surface area contributed by atoms with E-state index in [4.69, 9.17) is 4.74 Å². The first kappa shape index (κ1) is 9.98. The minimum Gasteiger partial charge on any atom is -0.381 e. The quantitative estimate of drug-likeness (QED) is 0.674. The van der Waals surface area contributed by atoms with Gasteiger partial charge in [-0.15, -0.1) is 10.2 Å². The van der Waals surface area contributed by atoms with Crippen molar-refractivity contribution < 1.29 is 4.74 Å². The Labute approximate surface area is 78.1 Å². The number of hydrogen-bond acceptors (Lipinski definition) is 4. The van der Waals surface area contributed by atoms with Gasteiger partial charge in [0.15, 0.2) is 0 Å². The van der Waals surface area contributed by atoms with Crippen molar-refractivity contribution in [3.05, 3.63) is 5.82 Å². The minimum absolute atomic E-state index is 0.701. The fourth-order valence-electron chi connectivity index (χ4n) is 1.10. The third-order valence-corrected chi connectivity index (χ3v) is 1.86. The predicted molar refractivity (Wildman–Crippen MR) is 50.7 cm³/mol. The van der Waals surface area contributed by atoms with Crippen LogP contribution in [0.2, 0.25) is 0 Å². The van der Waals surface area contributed by atoms with Crippen LogP contribution in [0.4, 0.5) is 5.95 Å². The molecule has 0 unspecified atom stereocenters.